The maximum Gasteiger partial charge on any atom is 0.131 e. The molecule has 1 N–H and O–H groups in total. The number of likely N-dealkylation sites (N-methyl/N-ethyl adjacent to an activating group) is 1. The van der Waals surface area contributed by atoms with Crippen molar-refractivity contribution in [1.29, 1.82) is 0 Å². The first-order valence-electron chi connectivity index (χ1n) is 7.50. The summed E-state index contributed by atoms with van der Waals surface area (Å²) in [6.07, 6.45) is 3.04. The largest absolute Gasteiger partial charge is 0.379 e. The predicted octanol–water partition coefficient (Wildman–Crippen LogP) is 1.93. The first kappa shape index (κ1) is 15.2. The Morgan fingerprint density at radius 1 is 1.50 bits per heavy atom. The molecule has 112 valence electrons. The Bertz CT molecular complexity index is 430. The topological polar surface area (TPSA) is 50.3 Å². The summed E-state index contributed by atoms with van der Waals surface area (Å²) in [5.41, 5.74) is 2.20. The number of aromatic nitrogens is 2. The molecule has 1 aromatic heterocycles. The van der Waals surface area contributed by atoms with E-state index in [9.17, 15) is 0 Å². The van der Waals surface area contributed by atoms with Gasteiger partial charge in [-0.15, -0.1) is 0 Å². The number of ether oxygens (including phenoxy) is 1. The summed E-state index contributed by atoms with van der Waals surface area (Å²) in [5, 5.41) is 3.37. The van der Waals surface area contributed by atoms with Crippen LogP contribution in [-0.2, 0) is 11.3 Å². The van der Waals surface area contributed by atoms with E-state index in [1.54, 1.807) is 0 Å². The van der Waals surface area contributed by atoms with Crippen LogP contribution in [0, 0.1) is 0 Å². The van der Waals surface area contributed by atoms with E-state index in [2.05, 4.69) is 43.0 Å². The number of hydrogen-bond donors (Lipinski definition) is 1. The highest BCUT2D eigenvalue weighted by molar-refractivity contribution is 5.49. The first-order valence-corrected chi connectivity index (χ1v) is 7.50. The second-order valence-corrected chi connectivity index (χ2v) is 5.62. The maximum atomic E-state index is 5.48. The smallest absolute Gasteiger partial charge is 0.131 e. The molecule has 1 saturated heterocycles. The van der Waals surface area contributed by atoms with E-state index < -0.39 is 0 Å². The standard InChI is InChI=1S/C15H26N4O/c1-5-16-8-13-14(9-17-15(18-13)11(2)3)19(4)12-6-7-20-10-12/h9,11-12,16H,5-8,10H2,1-4H3. The van der Waals surface area contributed by atoms with E-state index in [1.165, 1.54) is 0 Å². The molecule has 2 rings (SSSR count). The van der Waals surface area contributed by atoms with Gasteiger partial charge >= 0.3 is 0 Å². The maximum absolute atomic E-state index is 5.48. The minimum Gasteiger partial charge on any atom is -0.379 e. The molecule has 5 nitrogen and oxygen atoms in total. The van der Waals surface area contributed by atoms with Gasteiger partial charge in [0.15, 0.2) is 0 Å². The molecule has 1 aliphatic heterocycles. The lowest BCUT2D eigenvalue weighted by molar-refractivity contribution is 0.193. The zero-order valence-electron chi connectivity index (χ0n) is 13.0. The lowest BCUT2D eigenvalue weighted by Crippen LogP contribution is -2.33. The van der Waals surface area contributed by atoms with Crippen molar-refractivity contribution < 1.29 is 4.74 Å². The molecule has 1 aliphatic rings. The second-order valence-electron chi connectivity index (χ2n) is 5.62. The van der Waals surface area contributed by atoms with E-state index in [1.807, 2.05) is 6.20 Å². The molecule has 0 aromatic carbocycles. The fourth-order valence-electron chi connectivity index (χ4n) is 2.40. The van der Waals surface area contributed by atoms with Gasteiger partial charge in [0, 0.05) is 26.1 Å². The number of nitrogens with zero attached hydrogens (tertiary/aromatic N) is 3. The van der Waals surface area contributed by atoms with Crippen LogP contribution in [-0.4, -0.2) is 42.8 Å². The summed E-state index contributed by atoms with van der Waals surface area (Å²) in [4.78, 5) is 11.5. The molecule has 20 heavy (non-hydrogen) atoms. The fourth-order valence-corrected chi connectivity index (χ4v) is 2.40. The third kappa shape index (κ3) is 3.46. The molecule has 0 spiro atoms. The average Bonchev–Trinajstić information content (AvgIpc) is 2.98. The van der Waals surface area contributed by atoms with Gasteiger partial charge in [0.25, 0.3) is 0 Å². The normalized spacial score (nSPS) is 18.8. The lowest BCUT2D eigenvalue weighted by atomic mass is 10.1. The van der Waals surface area contributed by atoms with E-state index in [0.29, 0.717) is 12.0 Å². The summed E-state index contributed by atoms with van der Waals surface area (Å²) in [6.45, 7) is 9.73. The van der Waals surface area contributed by atoms with E-state index >= 15 is 0 Å². The fraction of sp³-hybridized carbons (Fsp3) is 0.733. The summed E-state index contributed by atoms with van der Waals surface area (Å²) in [6, 6.07) is 0.434. The number of rotatable bonds is 6. The molecule has 0 radical (unpaired) electrons. The molecule has 0 bridgehead atoms. The highest BCUT2D eigenvalue weighted by Crippen LogP contribution is 2.24. The number of hydrogen-bond acceptors (Lipinski definition) is 5. The predicted molar refractivity (Wildman–Crippen MR) is 81.1 cm³/mol. The lowest BCUT2D eigenvalue weighted by Gasteiger charge is -2.27. The van der Waals surface area contributed by atoms with Crippen LogP contribution in [0.2, 0.25) is 0 Å². The molecular weight excluding hydrogens is 252 g/mol. The second kappa shape index (κ2) is 6.99. The molecule has 1 fully saturated rings. The van der Waals surface area contributed by atoms with Crippen LogP contribution in [0.25, 0.3) is 0 Å². The van der Waals surface area contributed by atoms with Crippen molar-refractivity contribution in [3.05, 3.63) is 17.7 Å². The molecule has 1 atom stereocenters. The van der Waals surface area contributed by atoms with Crippen molar-refractivity contribution in [2.24, 2.45) is 0 Å². The summed E-state index contributed by atoms with van der Waals surface area (Å²) >= 11 is 0. The molecule has 5 heteroatoms. The van der Waals surface area contributed by atoms with E-state index in [0.717, 1.165) is 49.9 Å². The Balaban J connectivity index is 2.24. The third-order valence-corrected chi connectivity index (χ3v) is 3.76. The van der Waals surface area contributed by atoms with E-state index in [-0.39, 0.29) is 0 Å². The highest BCUT2D eigenvalue weighted by Gasteiger charge is 2.23. The van der Waals surface area contributed by atoms with Crippen molar-refractivity contribution >= 4 is 5.69 Å². The molecule has 0 saturated carbocycles. The molecular formula is C15H26N4O. The Morgan fingerprint density at radius 2 is 2.30 bits per heavy atom. The van der Waals surface area contributed by atoms with Crippen LogP contribution in [0.4, 0.5) is 5.69 Å². The highest BCUT2D eigenvalue weighted by atomic mass is 16.5. The Hall–Kier alpha value is -1.20. The minimum absolute atomic E-state index is 0.351. The minimum atomic E-state index is 0.351. The van der Waals surface area contributed by atoms with Crippen molar-refractivity contribution in [2.75, 3.05) is 31.7 Å². The Labute approximate surface area is 121 Å². The van der Waals surface area contributed by atoms with Gasteiger partial charge in [-0.05, 0) is 13.0 Å². The van der Waals surface area contributed by atoms with Crippen molar-refractivity contribution in [1.82, 2.24) is 15.3 Å². The molecule has 1 unspecified atom stereocenters. The zero-order valence-corrected chi connectivity index (χ0v) is 13.0. The van der Waals surface area contributed by atoms with Crippen LogP contribution in [0.15, 0.2) is 6.20 Å². The van der Waals surface area contributed by atoms with Gasteiger partial charge in [-0.25, -0.2) is 9.97 Å². The van der Waals surface area contributed by atoms with Crippen molar-refractivity contribution in [3.63, 3.8) is 0 Å². The number of nitrogens with one attached hydrogen (secondary N) is 1. The van der Waals surface area contributed by atoms with Gasteiger partial charge in [-0.1, -0.05) is 20.8 Å². The van der Waals surface area contributed by atoms with Gasteiger partial charge < -0.3 is 15.0 Å². The first-order chi connectivity index (χ1) is 9.63. The van der Waals surface area contributed by atoms with Crippen molar-refractivity contribution in [2.45, 2.75) is 45.7 Å². The van der Waals surface area contributed by atoms with Gasteiger partial charge in [0.2, 0.25) is 0 Å². The quantitative estimate of drug-likeness (QED) is 0.861. The molecule has 0 aliphatic carbocycles. The van der Waals surface area contributed by atoms with Crippen LogP contribution in [0.5, 0.6) is 0 Å². The Kier molecular flexibility index (Phi) is 5.31. The third-order valence-electron chi connectivity index (χ3n) is 3.76. The van der Waals surface area contributed by atoms with Gasteiger partial charge in [0.1, 0.15) is 5.82 Å². The van der Waals surface area contributed by atoms with Gasteiger partial charge in [-0.2, -0.15) is 0 Å². The molecule has 2 heterocycles. The summed E-state index contributed by atoms with van der Waals surface area (Å²) in [7, 11) is 2.11. The van der Waals surface area contributed by atoms with Crippen LogP contribution < -0.4 is 10.2 Å². The van der Waals surface area contributed by atoms with Crippen LogP contribution >= 0.6 is 0 Å². The number of anilines is 1. The monoisotopic (exact) mass is 278 g/mol. The zero-order chi connectivity index (χ0) is 14.5. The van der Waals surface area contributed by atoms with E-state index in [4.69, 9.17) is 9.72 Å². The molecule has 1 aromatic rings. The Morgan fingerprint density at radius 3 is 2.90 bits per heavy atom. The van der Waals surface area contributed by atoms with Gasteiger partial charge in [-0.3, -0.25) is 0 Å². The van der Waals surface area contributed by atoms with Crippen LogP contribution in [0.3, 0.4) is 0 Å². The summed E-state index contributed by atoms with van der Waals surface area (Å²) < 4.78 is 5.48. The SMILES string of the molecule is CCNCc1nc(C(C)C)ncc1N(C)C1CCOC1. The summed E-state index contributed by atoms with van der Waals surface area (Å²) in [5.74, 6) is 1.27. The van der Waals surface area contributed by atoms with Gasteiger partial charge in [0.05, 0.1) is 30.2 Å². The van der Waals surface area contributed by atoms with Crippen LogP contribution in [0.1, 0.15) is 44.6 Å². The average molecular weight is 278 g/mol. The van der Waals surface area contributed by atoms with Crippen molar-refractivity contribution in [3.8, 4) is 0 Å². The molecule has 0 amide bonds.